The molecule has 1 fully saturated rings. The van der Waals surface area contributed by atoms with Crippen molar-refractivity contribution >= 4 is 39.7 Å². The number of ether oxygens (including phenoxy) is 1. The molecule has 1 aliphatic heterocycles. The van der Waals surface area contributed by atoms with Gasteiger partial charge in [-0.25, -0.2) is 14.8 Å². The maximum Gasteiger partial charge on any atom is 0.322 e. The van der Waals surface area contributed by atoms with Crippen molar-refractivity contribution in [3.05, 3.63) is 54.5 Å². The minimum absolute atomic E-state index is 0.186. The molecular formula is C25H23N9O3. The molecule has 5 aromatic rings. The van der Waals surface area contributed by atoms with Gasteiger partial charge in [0, 0.05) is 43.7 Å². The highest BCUT2D eigenvalue weighted by Crippen LogP contribution is 2.30. The molecule has 1 aromatic carbocycles. The lowest BCUT2D eigenvalue weighted by Gasteiger charge is -2.26. The Morgan fingerprint density at radius 3 is 2.76 bits per heavy atom. The van der Waals surface area contributed by atoms with E-state index >= 15 is 0 Å². The van der Waals surface area contributed by atoms with E-state index in [0.29, 0.717) is 60.2 Å². The Kier molecular flexibility index (Phi) is 5.69. The van der Waals surface area contributed by atoms with Gasteiger partial charge in [0.2, 0.25) is 0 Å². The van der Waals surface area contributed by atoms with Gasteiger partial charge in [0.05, 0.1) is 41.6 Å². The molecule has 0 radical (unpaired) electrons. The number of amides is 3. The Balaban J connectivity index is 1.33. The van der Waals surface area contributed by atoms with Gasteiger partial charge in [-0.05, 0) is 24.3 Å². The van der Waals surface area contributed by atoms with E-state index < -0.39 is 0 Å². The fourth-order valence-electron chi connectivity index (χ4n) is 4.34. The SMILES string of the molecule is CNC(=O)c1cccc2[nH]c(-c3[nH]nc4ncc(-c5cncc(NC(=O)N6CCOCC6)c5)cc34)nc12. The number of nitrogens with zero attached hydrogens (tertiary/aromatic N) is 5. The van der Waals surface area contributed by atoms with Gasteiger partial charge in [-0.2, -0.15) is 5.10 Å². The molecule has 6 rings (SSSR count). The highest BCUT2D eigenvalue weighted by molar-refractivity contribution is 6.05. The molecule has 0 bridgehead atoms. The molecule has 1 aliphatic rings. The maximum atomic E-state index is 12.6. The summed E-state index contributed by atoms with van der Waals surface area (Å²) in [5, 5.41) is 13.6. The van der Waals surface area contributed by atoms with E-state index in [9.17, 15) is 9.59 Å². The molecule has 12 nitrogen and oxygen atoms in total. The van der Waals surface area contributed by atoms with Crippen LogP contribution in [0.4, 0.5) is 10.5 Å². The summed E-state index contributed by atoms with van der Waals surface area (Å²) in [4.78, 5) is 43.3. The second-order valence-corrected chi connectivity index (χ2v) is 8.55. The summed E-state index contributed by atoms with van der Waals surface area (Å²) in [5.41, 5.74) is 5.11. The van der Waals surface area contributed by atoms with Crippen LogP contribution in [-0.2, 0) is 4.74 Å². The van der Waals surface area contributed by atoms with Gasteiger partial charge >= 0.3 is 6.03 Å². The number of H-pyrrole nitrogens is 2. The fourth-order valence-corrected chi connectivity index (χ4v) is 4.34. The highest BCUT2D eigenvalue weighted by Gasteiger charge is 2.19. The quantitative estimate of drug-likeness (QED) is 0.298. The number of para-hydroxylation sites is 1. The summed E-state index contributed by atoms with van der Waals surface area (Å²) in [5.74, 6) is 0.326. The first-order chi connectivity index (χ1) is 18.1. The van der Waals surface area contributed by atoms with Crippen LogP contribution in [0.15, 0.2) is 48.9 Å². The van der Waals surface area contributed by atoms with Crippen molar-refractivity contribution in [2.45, 2.75) is 0 Å². The Hall–Kier alpha value is -4.84. The van der Waals surface area contributed by atoms with Gasteiger partial charge in [0.1, 0.15) is 11.2 Å². The first-order valence-electron chi connectivity index (χ1n) is 11.7. The van der Waals surface area contributed by atoms with Crippen molar-refractivity contribution in [2.24, 2.45) is 0 Å². The predicted octanol–water partition coefficient (Wildman–Crippen LogP) is 2.79. The Bertz CT molecular complexity index is 1640. The van der Waals surface area contributed by atoms with Crippen LogP contribution in [0.2, 0.25) is 0 Å². The van der Waals surface area contributed by atoms with E-state index in [1.165, 1.54) is 0 Å². The molecule has 0 spiro atoms. The first-order valence-corrected chi connectivity index (χ1v) is 11.7. The van der Waals surface area contributed by atoms with Gasteiger partial charge < -0.3 is 25.3 Å². The number of carbonyl (C=O) groups excluding carboxylic acids is 2. The van der Waals surface area contributed by atoms with Crippen molar-refractivity contribution < 1.29 is 14.3 Å². The zero-order valence-corrected chi connectivity index (χ0v) is 19.9. The van der Waals surface area contributed by atoms with Gasteiger partial charge in [0.15, 0.2) is 11.5 Å². The average Bonchev–Trinajstić information content (AvgIpc) is 3.57. The number of imidazole rings is 1. The van der Waals surface area contributed by atoms with Crippen LogP contribution < -0.4 is 10.6 Å². The number of rotatable bonds is 4. The summed E-state index contributed by atoms with van der Waals surface area (Å²) < 4.78 is 5.31. The van der Waals surface area contributed by atoms with Crippen LogP contribution in [-0.4, -0.2) is 80.3 Å². The number of aromatic nitrogens is 6. The molecule has 5 heterocycles. The van der Waals surface area contributed by atoms with E-state index in [1.807, 2.05) is 18.2 Å². The minimum Gasteiger partial charge on any atom is -0.378 e. The number of carbonyl (C=O) groups is 2. The highest BCUT2D eigenvalue weighted by atomic mass is 16.5. The van der Waals surface area contributed by atoms with Crippen LogP contribution in [0.5, 0.6) is 0 Å². The first kappa shape index (κ1) is 22.6. The molecule has 0 unspecified atom stereocenters. The van der Waals surface area contributed by atoms with Crippen molar-refractivity contribution in [2.75, 3.05) is 38.7 Å². The van der Waals surface area contributed by atoms with Gasteiger partial charge in [-0.3, -0.25) is 14.9 Å². The number of nitrogens with one attached hydrogen (secondary N) is 4. The van der Waals surface area contributed by atoms with E-state index in [2.05, 4.69) is 40.8 Å². The number of anilines is 1. The van der Waals surface area contributed by atoms with Crippen molar-refractivity contribution in [1.82, 2.24) is 40.3 Å². The van der Waals surface area contributed by atoms with Crippen molar-refractivity contribution in [3.63, 3.8) is 0 Å². The van der Waals surface area contributed by atoms with E-state index in [4.69, 9.17) is 4.74 Å². The average molecular weight is 498 g/mol. The number of urea groups is 1. The maximum absolute atomic E-state index is 12.6. The van der Waals surface area contributed by atoms with Gasteiger partial charge in [-0.15, -0.1) is 0 Å². The summed E-state index contributed by atoms with van der Waals surface area (Å²) in [6, 6.07) is 9.01. The van der Waals surface area contributed by atoms with Crippen LogP contribution in [0.1, 0.15) is 10.4 Å². The topological polar surface area (TPSA) is 154 Å². The summed E-state index contributed by atoms with van der Waals surface area (Å²) in [6.07, 6.45) is 5.03. The fraction of sp³-hybridized carbons (Fsp3) is 0.200. The number of hydrogen-bond donors (Lipinski definition) is 4. The van der Waals surface area contributed by atoms with Crippen molar-refractivity contribution in [3.8, 4) is 22.6 Å². The number of aromatic amines is 2. The van der Waals surface area contributed by atoms with E-state index in [1.54, 1.807) is 42.7 Å². The molecule has 0 saturated carbocycles. The zero-order valence-electron chi connectivity index (χ0n) is 19.9. The molecule has 4 N–H and O–H groups in total. The molecule has 4 aromatic heterocycles. The third kappa shape index (κ3) is 4.23. The standard InChI is InChI=1S/C25H23N9O3/c1-26-24(35)17-3-2-4-19-20(17)31-23(30-19)21-18-10-15(12-28-22(18)33-32-21)14-9-16(13-27-11-14)29-25(36)34-5-7-37-8-6-34/h2-4,9-13H,5-8H2,1H3,(H,26,35)(H,29,36)(H,30,31)(H,28,32,33). The van der Waals surface area contributed by atoms with Crippen LogP contribution in [0, 0.1) is 0 Å². The normalized spacial score (nSPS) is 13.7. The third-order valence-electron chi connectivity index (χ3n) is 6.25. The molecular weight excluding hydrogens is 474 g/mol. The number of benzene rings is 1. The second-order valence-electron chi connectivity index (χ2n) is 8.55. The van der Waals surface area contributed by atoms with Crippen LogP contribution in [0.25, 0.3) is 44.7 Å². The van der Waals surface area contributed by atoms with Crippen molar-refractivity contribution in [1.29, 1.82) is 0 Å². The van der Waals surface area contributed by atoms with E-state index in [-0.39, 0.29) is 11.9 Å². The summed E-state index contributed by atoms with van der Waals surface area (Å²) >= 11 is 0. The molecule has 37 heavy (non-hydrogen) atoms. The second kappa shape index (κ2) is 9.32. The summed E-state index contributed by atoms with van der Waals surface area (Å²) in [6.45, 7) is 2.16. The smallest absolute Gasteiger partial charge is 0.322 e. The zero-order chi connectivity index (χ0) is 25.4. The third-order valence-corrected chi connectivity index (χ3v) is 6.25. The Morgan fingerprint density at radius 2 is 1.92 bits per heavy atom. The largest absolute Gasteiger partial charge is 0.378 e. The predicted molar refractivity (Wildman–Crippen MR) is 137 cm³/mol. The Labute approximate surface area is 210 Å². The van der Waals surface area contributed by atoms with Crippen LogP contribution in [0.3, 0.4) is 0 Å². The lowest BCUT2D eigenvalue weighted by atomic mass is 10.1. The monoisotopic (exact) mass is 497 g/mol. The summed E-state index contributed by atoms with van der Waals surface area (Å²) in [7, 11) is 1.59. The minimum atomic E-state index is -0.213. The number of hydrogen-bond acceptors (Lipinski definition) is 7. The van der Waals surface area contributed by atoms with Gasteiger partial charge in [-0.1, -0.05) is 6.07 Å². The van der Waals surface area contributed by atoms with Gasteiger partial charge in [0.25, 0.3) is 5.91 Å². The molecule has 12 heteroatoms. The molecule has 186 valence electrons. The lowest BCUT2D eigenvalue weighted by molar-refractivity contribution is 0.0564. The number of fused-ring (bicyclic) bond motifs is 2. The van der Waals surface area contributed by atoms with Crippen LogP contribution >= 0.6 is 0 Å². The molecule has 3 amide bonds. The lowest BCUT2D eigenvalue weighted by Crippen LogP contribution is -2.43. The molecule has 0 atom stereocenters. The molecule has 0 aliphatic carbocycles. The van der Waals surface area contributed by atoms with E-state index in [0.717, 1.165) is 22.0 Å². The molecule has 1 saturated heterocycles. The number of pyridine rings is 2. The Morgan fingerprint density at radius 1 is 1.08 bits per heavy atom. The number of morpholine rings is 1.